The van der Waals surface area contributed by atoms with Crippen LogP contribution < -0.4 is 5.32 Å². The van der Waals surface area contributed by atoms with Crippen molar-refractivity contribution in [2.45, 2.75) is 13.8 Å². The molecule has 0 aliphatic heterocycles. The predicted molar refractivity (Wildman–Crippen MR) is 66.3 cm³/mol. The summed E-state index contributed by atoms with van der Waals surface area (Å²) in [5.41, 5.74) is 2.37. The maximum absolute atomic E-state index is 4.18. The quantitative estimate of drug-likeness (QED) is 0.596. The van der Waals surface area contributed by atoms with Gasteiger partial charge in [-0.05, 0) is 24.3 Å². The van der Waals surface area contributed by atoms with Crippen LogP contribution in [0.2, 0.25) is 0 Å². The Bertz CT molecular complexity index is 321. The van der Waals surface area contributed by atoms with E-state index in [1.165, 1.54) is 5.56 Å². The molecule has 0 spiro atoms. The Morgan fingerprint density at radius 3 is 2.71 bits per heavy atom. The molecule has 0 aliphatic carbocycles. The maximum Gasteiger partial charge on any atom is 0.160 e. The van der Waals surface area contributed by atoms with Gasteiger partial charge in [-0.2, -0.15) is 0 Å². The number of rotatable bonds is 2. The smallest absolute Gasteiger partial charge is 0.160 e. The van der Waals surface area contributed by atoms with Crippen molar-refractivity contribution in [1.82, 2.24) is 0 Å². The van der Waals surface area contributed by atoms with Gasteiger partial charge in [-0.3, -0.25) is 4.99 Å². The van der Waals surface area contributed by atoms with Gasteiger partial charge in [0.05, 0.1) is 0 Å². The van der Waals surface area contributed by atoms with E-state index in [0.29, 0.717) is 0 Å². The van der Waals surface area contributed by atoms with Crippen molar-refractivity contribution in [3.05, 3.63) is 29.8 Å². The number of thioether (sulfide) groups is 1. The molecule has 0 saturated carbocycles. The van der Waals surface area contributed by atoms with Gasteiger partial charge in [-0.1, -0.05) is 36.9 Å². The number of amidine groups is 1. The lowest BCUT2D eigenvalue weighted by atomic mass is 10.2. The highest BCUT2D eigenvalue weighted by atomic mass is 32.2. The number of benzene rings is 1. The number of anilines is 1. The molecule has 14 heavy (non-hydrogen) atoms. The van der Waals surface area contributed by atoms with Crippen LogP contribution in [0.5, 0.6) is 0 Å². The Kier molecular flexibility index (Phi) is 4.53. The van der Waals surface area contributed by atoms with E-state index in [1.54, 1.807) is 11.8 Å². The Balaban J connectivity index is 2.72. The first kappa shape index (κ1) is 11.1. The normalized spacial score (nSPS) is 11.5. The highest BCUT2D eigenvalue weighted by Gasteiger charge is 2.00. The Morgan fingerprint density at radius 1 is 1.43 bits per heavy atom. The average molecular weight is 208 g/mol. The van der Waals surface area contributed by atoms with Crippen molar-refractivity contribution in [3.63, 3.8) is 0 Å². The van der Waals surface area contributed by atoms with Crippen LogP contribution >= 0.6 is 11.8 Å². The summed E-state index contributed by atoms with van der Waals surface area (Å²) in [6.07, 6.45) is 0. The predicted octanol–water partition coefficient (Wildman–Crippen LogP) is 3.15. The molecule has 0 fully saturated rings. The second kappa shape index (κ2) is 5.70. The third-order valence-corrected chi connectivity index (χ3v) is 2.72. The highest BCUT2D eigenvalue weighted by molar-refractivity contribution is 8.14. The minimum atomic E-state index is 0.974. The third-order valence-electron chi connectivity index (χ3n) is 1.87. The molecule has 0 heterocycles. The van der Waals surface area contributed by atoms with E-state index in [4.69, 9.17) is 0 Å². The Labute approximate surface area is 89.8 Å². The first-order chi connectivity index (χ1) is 6.77. The van der Waals surface area contributed by atoms with E-state index < -0.39 is 0 Å². The fraction of sp³-hybridized carbons (Fsp3) is 0.364. The monoisotopic (exact) mass is 208 g/mol. The van der Waals surface area contributed by atoms with Gasteiger partial charge in [0.2, 0.25) is 0 Å². The first-order valence-electron chi connectivity index (χ1n) is 4.70. The maximum atomic E-state index is 4.18. The molecular weight excluding hydrogens is 192 g/mol. The number of nitrogens with zero attached hydrogens (tertiary/aromatic N) is 1. The van der Waals surface area contributed by atoms with Crippen LogP contribution in [0.15, 0.2) is 29.3 Å². The SMILES string of the molecule is CCSC(=NC)Nc1ccccc1C. The van der Waals surface area contributed by atoms with Crippen LogP contribution in [0.4, 0.5) is 5.69 Å². The van der Waals surface area contributed by atoms with Crippen LogP contribution in [-0.4, -0.2) is 18.0 Å². The number of aryl methyl sites for hydroxylation is 1. The van der Waals surface area contributed by atoms with Gasteiger partial charge in [0.15, 0.2) is 5.17 Å². The molecule has 0 aliphatic rings. The van der Waals surface area contributed by atoms with Gasteiger partial charge in [0.1, 0.15) is 0 Å². The van der Waals surface area contributed by atoms with Crippen LogP contribution in [-0.2, 0) is 0 Å². The number of para-hydroxylation sites is 1. The molecule has 1 rings (SSSR count). The summed E-state index contributed by atoms with van der Waals surface area (Å²) in [6.45, 7) is 4.21. The number of nitrogens with one attached hydrogen (secondary N) is 1. The van der Waals surface area contributed by atoms with Crippen LogP contribution in [0.25, 0.3) is 0 Å². The second-order valence-electron chi connectivity index (χ2n) is 2.90. The van der Waals surface area contributed by atoms with Crippen molar-refractivity contribution >= 4 is 22.6 Å². The molecule has 0 unspecified atom stereocenters. The van der Waals surface area contributed by atoms with Gasteiger partial charge in [0.25, 0.3) is 0 Å². The molecule has 1 N–H and O–H groups in total. The van der Waals surface area contributed by atoms with E-state index in [-0.39, 0.29) is 0 Å². The van der Waals surface area contributed by atoms with Crippen LogP contribution in [0, 0.1) is 6.92 Å². The second-order valence-corrected chi connectivity index (χ2v) is 4.15. The van der Waals surface area contributed by atoms with Gasteiger partial charge in [0, 0.05) is 12.7 Å². The zero-order valence-electron chi connectivity index (χ0n) is 8.87. The molecule has 76 valence electrons. The standard InChI is InChI=1S/C11H16N2S/c1-4-14-11(12-3)13-10-8-6-5-7-9(10)2/h5-8H,4H2,1-3H3,(H,12,13). The average Bonchev–Trinajstić information content (AvgIpc) is 2.20. The summed E-state index contributed by atoms with van der Waals surface area (Å²) in [5.74, 6) is 1.03. The summed E-state index contributed by atoms with van der Waals surface area (Å²) in [5, 5.41) is 4.28. The van der Waals surface area contributed by atoms with E-state index >= 15 is 0 Å². The van der Waals surface area contributed by atoms with Crippen LogP contribution in [0.3, 0.4) is 0 Å². The van der Waals surface area contributed by atoms with Gasteiger partial charge >= 0.3 is 0 Å². The van der Waals surface area contributed by atoms with Gasteiger partial charge in [-0.25, -0.2) is 0 Å². The molecule has 1 aromatic rings. The summed E-state index contributed by atoms with van der Waals surface area (Å²) in [6, 6.07) is 8.22. The largest absolute Gasteiger partial charge is 0.335 e. The summed E-state index contributed by atoms with van der Waals surface area (Å²) >= 11 is 1.72. The Hall–Kier alpha value is -0.960. The molecule has 0 aromatic heterocycles. The van der Waals surface area contributed by atoms with Crippen molar-refractivity contribution in [2.75, 3.05) is 18.1 Å². The number of hydrogen-bond acceptors (Lipinski definition) is 2. The zero-order chi connectivity index (χ0) is 10.4. The minimum absolute atomic E-state index is 0.974. The molecule has 0 amide bonds. The molecule has 2 nitrogen and oxygen atoms in total. The lowest BCUT2D eigenvalue weighted by molar-refractivity contribution is 1.42. The fourth-order valence-corrected chi connectivity index (χ4v) is 1.71. The molecule has 1 aromatic carbocycles. The molecule has 0 atom stereocenters. The Morgan fingerprint density at radius 2 is 2.14 bits per heavy atom. The highest BCUT2D eigenvalue weighted by Crippen LogP contribution is 2.15. The topological polar surface area (TPSA) is 24.4 Å². The molecule has 3 heteroatoms. The summed E-state index contributed by atoms with van der Waals surface area (Å²) in [7, 11) is 1.81. The third kappa shape index (κ3) is 3.07. The molecule has 0 radical (unpaired) electrons. The molecule has 0 bridgehead atoms. The fourth-order valence-electron chi connectivity index (χ4n) is 1.12. The van der Waals surface area contributed by atoms with E-state index in [2.05, 4.69) is 36.3 Å². The molecule has 0 saturated heterocycles. The molecular formula is C11H16N2S. The van der Waals surface area contributed by atoms with Gasteiger partial charge < -0.3 is 5.32 Å². The lowest BCUT2D eigenvalue weighted by Gasteiger charge is -2.09. The van der Waals surface area contributed by atoms with E-state index in [9.17, 15) is 0 Å². The minimum Gasteiger partial charge on any atom is -0.335 e. The van der Waals surface area contributed by atoms with Crippen molar-refractivity contribution in [3.8, 4) is 0 Å². The van der Waals surface area contributed by atoms with E-state index in [0.717, 1.165) is 16.6 Å². The van der Waals surface area contributed by atoms with Crippen molar-refractivity contribution in [2.24, 2.45) is 4.99 Å². The van der Waals surface area contributed by atoms with Crippen molar-refractivity contribution < 1.29 is 0 Å². The number of aliphatic imine (C=N–C) groups is 1. The zero-order valence-corrected chi connectivity index (χ0v) is 9.69. The summed E-state index contributed by atoms with van der Waals surface area (Å²) in [4.78, 5) is 4.18. The lowest BCUT2D eigenvalue weighted by Crippen LogP contribution is -2.08. The summed E-state index contributed by atoms with van der Waals surface area (Å²) < 4.78 is 0. The van der Waals surface area contributed by atoms with E-state index in [1.807, 2.05) is 19.2 Å². The number of hydrogen-bond donors (Lipinski definition) is 1. The van der Waals surface area contributed by atoms with Crippen molar-refractivity contribution in [1.29, 1.82) is 0 Å². The van der Waals surface area contributed by atoms with Crippen LogP contribution in [0.1, 0.15) is 12.5 Å². The van der Waals surface area contributed by atoms with Gasteiger partial charge in [-0.15, -0.1) is 0 Å². The first-order valence-corrected chi connectivity index (χ1v) is 5.68.